The molecule has 7 atom stereocenters. The molecular formula is C31H50O5Si. The quantitative estimate of drug-likeness (QED) is 0.333. The topological polar surface area (TPSA) is 76.0 Å². The Kier molecular flexibility index (Phi) is 7.59. The van der Waals surface area contributed by atoms with Crippen LogP contribution in [-0.4, -0.2) is 48.4 Å². The molecule has 0 aliphatic heterocycles. The zero-order valence-corrected chi connectivity index (χ0v) is 25.3. The molecule has 1 aromatic rings. The number of aliphatic hydroxyl groups is 2. The van der Waals surface area contributed by atoms with Gasteiger partial charge in [0.1, 0.15) is 6.10 Å². The zero-order chi connectivity index (χ0) is 27.4. The second-order valence-corrected chi connectivity index (χ2v) is 19.3. The molecule has 3 aliphatic carbocycles. The number of benzene rings is 1. The van der Waals surface area contributed by atoms with Crippen LogP contribution in [0.15, 0.2) is 30.3 Å². The maximum atomic E-state index is 13.4. The van der Waals surface area contributed by atoms with Gasteiger partial charge in [-0.15, -0.1) is 0 Å². The molecule has 2 unspecified atom stereocenters. The van der Waals surface area contributed by atoms with E-state index in [1.165, 1.54) is 0 Å². The number of carbonyl (C=O) groups is 1. The molecule has 0 saturated heterocycles. The first kappa shape index (κ1) is 28.8. The minimum atomic E-state index is -2.09. The summed E-state index contributed by atoms with van der Waals surface area (Å²) < 4.78 is 13.5. The smallest absolute Gasteiger partial charge is 0.338 e. The first-order chi connectivity index (χ1) is 17.0. The fraction of sp³-hybridized carbons (Fsp3) is 0.774. The molecule has 0 aromatic heterocycles. The van der Waals surface area contributed by atoms with Crippen LogP contribution >= 0.6 is 0 Å². The molecule has 37 heavy (non-hydrogen) atoms. The van der Waals surface area contributed by atoms with Gasteiger partial charge in [-0.2, -0.15) is 0 Å². The van der Waals surface area contributed by atoms with E-state index in [1.54, 1.807) is 0 Å². The number of rotatable bonds is 4. The summed E-state index contributed by atoms with van der Waals surface area (Å²) in [6.45, 7) is 17.8. The predicted molar refractivity (Wildman–Crippen MR) is 150 cm³/mol. The molecule has 6 heteroatoms. The van der Waals surface area contributed by atoms with Gasteiger partial charge in [0, 0.05) is 11.5 Å². The molecule has 0 radical (unpaired) electrons. The highest BCUT2D eigenvalue weighted by atomic mass is 28.4. The van der Waals surface area contributed by atoms with Crippen molar-refractivity contribution in [3.63, 3.8) is 0 Å². The van der Waals surface area contributed by atoms with E-state index in [-0.39, 0.29) is 40.5 Å². The Hall–Kier alpha value is -1.21. The maximum absolute atomic E-state index is 13.4. The van der Waals surface area contributed by atoms with Gasteiger partial charge in [-0.25, -0.2) is 4.79 Å². The predicted octanol–water partition coefficient (Wildman–Crippen LogP) is 6.73. The summed E-state index contributed by atoms with van der Waals surface area (Å²) in [6, 6.07) is 9.25. The summed E-state index contributed by atoms with van der Waals surface area (Å²) in [5, 5.41) is 23.7. The molecule has 0 spiro atoms. The lowest BCUT2D eigenvalue weighted by Crippen LogP contribution is -2.56. The lowest BCUT2D eigenvalue weighted by Gasteiger charge is -2.53. The van der Waals surface area contributed by atoms with Crippen LogP contribution in [0, 0.1) is 22.7 Å². The highest BCUT2D eigenvalue weighted by Gasteiger charge is 2.62. The number of aliphatic hydroxyl groups excluding tert-OH is 1. The van der Waals surface area contributed by atoms with E-state index in [0.717, 1.165) is 25.7 Å². The first-order valence-electron chi connectivity index (χ1n) is 14.4. The second-order valence-electron chi connectivity index (χ2n) is 14.5. The van der Waals surface area contributed by atoms with Crippen molar-refractivity contribution >= 4 is 14.3 Å². The number of esters is 1. The summed E-state index contributed by atoms with van der Waals surface area (Å²) in [5.74, 6) is -0.153. The fourth-order valence-electron chi connectivity index (χ4n) is 7.37. The molecule has 2 N–H and O–H groups in total. The highest BCUT2D eigenvalue weighted by Crippen LogP contribution is 2.60. The molecule has 0 amide bonds. The van der Waals surface area contributed by atoms with E-state index in [0.29, 0.717) is 24.8 Å². The van der Waals surface area contributed by atoms with Crippen LogP contribution in [0.4, 0.5) is 0 Å². The standard InChI is InChI=1S/C31H50O5Si/c1-28(2,3)37(7,8)36-24-15-12-17-30(6)23(24)20-25(32)31(34)18-16-22(29(31,4)5)19-26(30)35-27(33)21-13-10-9-11-14-21/h9-11,13-14,22-26,32,34H,12,15-20H2,1-8H3/t22?,23-,24-,25-,26+,30+,31?/m0/s1. The molecular weight excluding hydrogens is 480 g/mol. The normalized spacial score (nSPS) is 38.2. The van der Waals surface area contributed by atoms with Gasteiger partial charge in [-0.3, -0.25) is 0 Å². The number of ether oxygens (including phenoxy) is 1. The molecule has 3 saturated carbocycles. The number of hydrogen-bond acceptors (Lipinski definition) is 5. The van der Waals surface area contributed by atoms with Crippen LogP contribution in [0.2, 0.25) is 18.1 Å². The number of hydrogen-bond donors (Lipinski definition) is 2. The third kappa shape index (κ3) is 4.96. The van der Waals surface area contributed by atoms with Crippen LogP contribution in [0.1, 0.15) is 96.8 Å². The summed E-state index contributed by atoms with van der Waals surface area (Å²) in [7, 11) is -2.09. The van der Waals surface area contributed by atoms with Gasteiger partial charge in [0.2, 0.25) is 0 Å². The van der Waals surface area contributed by atoms with Gasteiger partial charge in [-0.05, 0) is 86.0 Å². The molecule has 3 fully saturated rings. The molecule has 2 bridgehead atoms. The van der Waals surface area contributed by atoms with Gasteiger partial charge in [-0.1, -0.05) is 66.2 Å². The number of fused-ring (bicyclic) bond motifs is 3. The molecule has 5 nitrogen and oxygen atoms in total. The van der Waals surface area contributed by atoms with Gasteiger partial charge >= 0.3 is 5.97 Å². The van der Waals surface area contributed by atoms with Crippen LogP contribution in [0.25, 0.3) is 0 Å². The fourth-order valence-corrected chi connectivity index (χ4v) is 8.76. The van der Waals surface area contributed by atoms with Crippen LogP contribution < -0.4 is 0 Å². The van der Waals surface area contributed by atoms with Crippen LogP contribution in [0.3, 0.4) is 0 Å². The van der Waals surface area contributed by atoms with Gasteiger partial charge in [0.15, 0.2) is 8.32 Å². The van der Waals surface area contributed by atoms with Crippen LogP contribution in [-0.2, 0) is 9.16 Å². The van der Waals surface area contributed by atoms with Crippen molar-refractivity contribution in [3.05, 3.63) is 35.9 Å². The Morgan fingerprint density at radius 1 is 1.03 bits per heavy atom. The Morgan fingerprint density at radius 2 is 1.68 bits per heavy atom. The Bertz CT molecular complexity index is 970. The Labute approximate surface area is 225 Å². The minimum absolute atomic E-state index is 0.0156. The number of carbonyl (C=O) groups excluding carboxylic acids is 1. The average Bonchev–Trinajstić information content (AvgIpc) is 3.04. The molecule has 208 valence electrons. The SMILES string of the molecule is CC1(C)C2CCC1(O)[C@@H](O)C[C@H]1[C@@H](O[Si](C)(C)C(C)(C)C)CCC[C@@]1(C)[C@H](OC(=O)c1ccccc1)C2. The van der Waals surface area contributed by atoms with E-state index in [4.69, 9.17) is 9.16 Å². The average molecular weight is 531 g/mol. The third-order valence-electron chi connectivity index (χ3n) is 11.3. The largest absolute Gasteiger partial charge is 0.458 e. The van der Waals surface area contributed by atoms with Gasteiger partial charge < -0.3 is 19.4 Å². The lowest BCUT2D eigenvalue weighted by molar-refractivity contribution is -0.154. The van der Waals surface area contributed by atoms with Crippen molar-refractivity contribution in [2.75, 3.05) is 0 Å². The minimum Gasteiger partial charge on any atom is -0.458 e. The van der Waals surface area contributed by atoms with Crippen molar-refractivity contribution in [2.45, 2.75) is 129 Å². The van der Waals surface area contributed by atoms with E-state index in [2.05, 4.69) is 54.6 Å². The maximum Gasteiger partial charge on any atom is 0.338 e. The summed E-state index contributed by atoms with van der Waals surface area (Å²) in [5.41, 5.74) is -1.43. The zero-order valence-electron chi connectivity index (χ0n) is 24.3. The molecule has 0 heterocycles. The van der Waals surface area contributed by atoms with E-state index in [9.17, 15) is 15.0 Å². The van der Waals surface area contributed by atoms with Crippen LogP contribution in [0.5, 0.6) is 0 Å². The van der Waals surface area contributed by atoms with E-state index < -0.39 is 25.4 Å². The van der Waals surface area contributed by atoms with E-state index in [1.807, 2.05) is 30.3 Å². The monoisotopic (exact) mass is 530 g/mol. The molecule has 1 aromatic carbocycles. The van der Waals surface area contributed by atoms with E-state index >= 15 is 0 Å². The van der Waals surface area contributed by atoms with Crippen molar-refractivity contribution in [1.82, 2.24) is 0 Å². The van der Waals surface area contributed by atoms with Crippen molar-refractivity contribution in [2.24, 2.45) is 22.7 Å². The second kappa shape index (κ2) is 9.76. The Morgan fingerprint density at radius 3 is 2.30 bits per heavy atom. The highest BCUT2D eigenvalue weighted by molar-refractivity contribution is 6.74. The summed E-state index contributed by atoms with van der Waals surface area (Å²) in [4.78, 5) is 13.4. The third-order valence-corrected chi connectivity index (χ3v) is 15.8. The van der Waals surface area contributed by atoms with Crippen molar-refractivity contribution < 1.29 is 24.2 Å². The summed E-state index contributed by atoms with van der Waals surface area (Å²) >= 11 is 0. The van der Waals surface area contributed by atoms with Gasteiger partial charge in [0.25, 0.3) is 0 Å². The molecule has 3 aliphatic rings. The molecule has 4 rings (SSSR count). The summed E-state index contributed by atoms with van der Waals surface area (Å²) in [6.07, 6.45) is 4.21. The Balaban J connectivity index is 1.76. The van der Waals surface area contributed by atoms with Crippen molar-refractivity contribution in [1.29, 1.82) is 0 Å². The first-order valence-corrected chi connectivity index (χ1v) is 17.3. The van der Waals surface area contributed by atoms with Crippen molar-refractivity contribution in [3.8, 4) is 0 Å². The van der Waals surface area contributed by atoms with Gasteiger partial charge in [0.05, 0.1) is 17.3 Å². The lowest BCUT2D eigenvalue weighted by atomic mass is 9.60.